The van der Waals surface area contributed by atoms with E-state index < -0.39 is 0 Å². The molecule has 0 unspecified atom stereocenters. The molecule has 2 aromatic heterocycles. The molecule has 0 fully saturated rings. The van der Waals surface area contributed by atoms with Crippen LogP contribution in [0.3, 0.4) is 0 Å². The predicted molar refractivity (Wildman–Crippen MR) is 53.0 cm³/mol. The monoisotopic (exact) mass is 189 g/mol. The zero-order valence-corrected chi connectivity index (χ0v) is 8.10. The molecule has 0 radical (unpaired) electrons. The topological polar surface area (TPSA) is 69.6 Å². The molecule has 5 heteroatoms. The summed E-state index contributed by atoms with van der Waals surface area (Å²) in [7, 11) is 0. The van der Waals surface area contributed by atoms with Gasteiger partial charge >= 0.3 is 0 Å². The van der Waals surface area contributed by atoms with Gasteiger partial charge < -0.3 is 5.73 Å². The van der Waals surface area contributed by atoms with E-state index in [1.807, 2.05) is 13.8 Å². The van der Waals surface area contributed by atoms with Crippen molar-refractivity contribution in [3.8, 4) is 5.82 Å². The molecule has 0 amide bonds. The largest absolute Gasteiger partial charge is 0.383 e. The van der Waals surface area contributed by atoms with Crippen molar-refractivity contribution >= 4 is 5.82 Å². The van der Waals surface area contributed by atoms with Gasteiger partial charge in [0.25, 0.3) is 0 Å². The lowest BCUT2D eigenvalue weighted by Crippen LogP contribution is -2.04. The Hall–Kier alpha value is -1.91. The number of aryl methyl sites for hydroxylation is 1. The van der Waals surface area contributed by atoms with Crippen LogP contribution in [0.25, 0.3) is 5.82 Å². The molecule has 0 aromatic carbocycles. The minimum Gasteiger partial charge on any atom is -0.383 e. The fourth-order valence-corrected chi connectivity index (χ4v) is 1.21. The summed E-state index contributed by atoms with van der Waals surface area (Å²) >= 11 is 0. The lowest BCUT2D eigenvalue weighted by Gasteiger charge is -2.01. The highest BCUT2D eigenvalue weighted by Gasteiger charge is 2.09. The number of aromatic nitrogens is 4. The zero-order chi connectivity index (χ0) is 10.1. The summed E-state index contributed by atoms with van der Waals surface area (Å²) in [6, 6.07) is 1.77. The molecule has 0 saturated carbocycles. The minimum atomic E-state index is 0.626. The second-order valence-electron chi connectivity index (χ2n) is 3.08. The number of anilines is 1. The van der Waals surface area contributed by atoms with Crippen molar-refractivity contribution in [2.75, 3.05) is 5.73 Å². The predicted octanol–water partition coefficient (Wildman–Crippen LogP) is 0.861. The van der Waals surface area contributed by atoms with Crippen LogP contribution in [0.5, 0.6) is 0 Å². The van der Waals surface area contributed by atoms with Crippen molar-refractivity contribution in [1.82, 2.24) is 19.7 Å². The smallest absolute Gasteiger partial charge is 0.159 e. The van der Waals surface area contributed by atoms with E-state index in [-0.39, 0.29) is 0 Å². The third-order valence-electron chi connectivity index (χ3n) is 2.19. The van der Waals surface area contributed by atoms with Gasteiger partial charge in [-0.25, -0.2) is 9.97 Å². The zero-order valence-electron chi connectivity index (χ0n) is 8.10. The molecule has 0 aliphatic heterocycles. The van der Waals surface area contributed by atoms with Gasteiger partial charge in [0.1, 0.15) is 12.1 Å². The average Bonchev–Trinajstić information content (AvgIpc) is 2.47. The number of nitrogens with two attached hydrogens (primary N) is 1. The number of hydrogen-bond acceptors (Lipinski definition) is 4. The van der Waals surface area contributed by atoms with Crippen LogP contribution in [-0.2, 0) is 0 Å². The first kappa shape index (κ1) is 8.68. The van der Waals surface area contributed by atoms with Crippen LogP contribution in [0.4, 0.5) is 5.82 Å². The Balaban J connectivity index is 2.58. The molecule has 2 rings (SSSR count). The van der Waals surface area contributed by atoms with Crippen molar-refractivity contribution in [2.24, 2.45) is 0 Å². The Morgan fingerprint density at radius 1 is 1.36 bits per heavy atom. The van der Waals surface area contributed by atoms with Gasteiger partial charge in [-0.05, 0) is 13.8 Å². The summed E-state index contributed by atoms with van der Waals surface area (Å²) in [6.45, 7) is 3.86. The molecular formula is C9H11N5. The van der Waals surface area contributed by atoms with Gasteiger partial charge in [0, 0.05) is 17.8 Å². The lowest BCUT2D eigenvalue weighted by molar-refractivity contribution is 0.835. The Bertz CT molecular complexity index is 446. The Morgan fingerprint density at radius 3 is 2.64 bits per heavy atom. The molecule has 2 aromatic rings. The van der Waals surface area contributed by atoms with Gasteiger partial charge in [0.05, 0.1) is 5.69 Å². The van der Waals surface area contributed by atoms with Crippen LogP contribution in [0.15, 0.2) is 18.6 Å². The van der Waals surface area contributed by atoms with E-state index in [1.54, 1.807) is 16.9 Å². The molecule has 5 nitrogen and oxygen atoms in total. The summed E-state index contributed by atoms with van der Waals surface area (Å²) in [5, 5.41) is 4.28. The van der Waals surface area contributed by atoms with Gasteiger partial charge in [-0.15, -0.1) is 0 Å². The van der Waals surface area contributed by atoms with Gasteiger partial charge in [-0.1, -0.05) is 0 Å². The molecule has 0 spiro atoms. The first-order chi connectivity index (χ1) is 6.70. The van der Waals surface area contributed by atoms with Crippen LogP contribution in [0.2, 0.25) is 0 Å². The normalized spacial score (nSPS) is 10.4. The maximum absolute atomic E-state index is 5.88. The van der Waals surface area contributed by atoms with E-state index in [0.717, 1.165) is 11.3 Å². The molecule has 0 saturated heterocycles. The molecule has 0 aliphatic rings. The standard InChI is InChI=1S/C9H11N5/c1-6-7(2)13-14(9(6)10)8-3-4-11-5-12-8/h3-5H,10H2,1-2H3. The Morgan fingerprint density at radius 2 is 2.14 bits per heavy atom. The van der Waals surface area contributed by atoms with Crippen molar-refractivity contribution in [3.05, 3.63) is 29.8 Å². The number of hydrogen-bond donors (Lipinski definition) is 1. The van der Waals surface area contributed by atoms with Crippen LogP contribution in [-0.4, -0.2) is 19.7 Å². The highest BCUT2D eigenvalue weighted by atomic mass is 15.3. The first-order valence-corrected chi connectivity index (χ1v) is 4.28. The molecule has 14 heavy (non-hydrogen) atoms. The lowest BCUT2D eigenvalue weighted by atomic mass is 10.3. The van der Waals surface area contributed by atoms with Gasteiger partial charge in [0.15, 0.2) is 5.82 Å². The van der Waals surface area contributed by atoms with E-state index in [2.05, 4.69) is 15.1 Å². The van der Waals surface area contributed by atoms with E-state index in [9.17, 15) is 0 Å². The van der Waals surface area contributed by atoms with E-state index >= 15 is 0 Å². The molecule has 0 aliphatic carbocycles. The Labute approximate surface area is 81.6 Å². The SMILES string of the molecule is Cc1nn(-c2ccncn2)c(N)c1C. The highest BCUT2D eigenvalue weighted by Crippen LogP contribution is 2.17. The number of rotatable bonds is 1. The fourth-order valence-electron chi connectivity index (χ4n) is 1.21. The second kappa shape index (κ2) is 3.10. The molecule has 0 atom stereocenters. The molecule has 0 bridgehead atoms. The summed E-state index contributed by atoms with van der Waals surface area (Å²) in [6.07, 6.45) is 3.13. The van der Waals surface area contributed by atoms with Crippen LogP contribution < -0.4 is 5.73 Å². The van der Waals surface area contributed by atoms with Crippen LogP contribution >= 0.6 is 0 Å². The van der Waals surface area contributed by atoms with Gasteiger partial charge in [-0.2, -0.15) is 9.78 Å². The Kier molecular flexibility index (Phi) is 1.92. The number of nitrogens with zero attached hydrogens (tertiary/aromatic N) is 4. The molecular weight excluding hydrogens is 178 g/mol. The van der Waals surface area contributed by atoms with Crippen molar-refractivity contribution in [1.29, 1.82) is 0 Å². The maximum Gasteiger partial charge on any atom is 0.159 e. The van der Waals surface area contributed by atoms with Crippen molar-refractivity contribution in [2.45, 2.75) is 13.8 Å². The fraction of sp³-hybridized carbons (Fsp3) is 0.222. The van der Waals surface area contributed by atoms with Crippen molar-refractivity contribution in [3.63, 3.8) is 0 Å². The highest BCUT2D eigenvalue weighted by molar-refractivity contribution is 5.46. The molecule has 2 heterocycles. The summed E-state index contributed by atoms with van der Waals surface area (Å²) < 4.78 is 1.62. The van der Waals surface area contributed by atoms with Crippen molar-refractivity contribution < 1.29 is 0 Å². The summed E-state index contributed by atoms with van der Waals surface area (Å²) in [4.78, 5) is 7.91. The first-order valence-electron chi connectivity index (χ1n) is 4.28. The minimum absolute atomic E-state index is 0.626. The maximum atomic E-state index is 5.88. The average molecular weight is 189 g/mol. The third-order valence-corrected chi connectivity index (χ3v) is 2.19. The summed E-state index contributed by atoms with van der Waals surface area (Å²) in [5.74, 6) is 1.31. The quantitative estimate of drug-likeness (QED) is 0.722. The van der Waals surface area contributed by atoms with Gasteiger partial charge in [-0.3, -0.25) is 0 Å². The number of nitrogen functional groups attached to an aromatic ring is 1. The van der Waals surface area contributed by atoms with E-state index in [1.165, 1.54) is 6.33 Å². The second-order valence-corrected chi connectivity index (χ2v) is 3.08. The molecule has 2 N–H and O–H groups in total. The molecule has 72 valence electrons. The third kappa shape index (κ3) is 1.22. The van der Waals surface area contributed by atoms with E-state index in [0.29, 0.717) is 11.6 Å². The van der Waals surface area contributed by atoms with Crippen LogP contribution in [0, 0.1) is 13.8 Å². The van der Waals surface area contributed by atoms with Crippen LogP contribution in [0.1, 0.15) is 11.3 Å². The summed E-state index contributed by atoms with van der Waals surface area (Å²) in [5.41, 5.74) is 7.78. The van der Waals surface area contributed by atoms with E-state index in [4.69, 9.17) is 5.73 Å². The van der Waals surface area contributed by atoms with Gasteiger partial charge in [0.2, 0.25) is 0 Å².